The lowest BCUT2D eigenvalue weighted by atomic mass is 10.2. The number of halogens is 2. The van der Waals surface area contributed by atoms with E-state index in [1.54, 1.807) is 6.07 Å². The van der Waals surface area contributed by atoms with E-state index in [0.717, 1.165) is 24.4 Å². The Hall–Kier alpha value is -1.22. The van der Waals surface area contributed by atoms with Crippen molar-refractivity contribution in [2.75, 3.05) is 6.54 Å². The second kappa shape index (κ2) is 9.04. The minimum absolute atomic E-state index is 0.433. The first-order valence-electron chi connectivity index (χ1n) is 7.55. The van der Waals surface area contributed by atoms with Crippen LogP contribution in [0.5, 0.6) is 5.75 Å². The van der Waals surface area contributed by atoms with Crippen LogP contribution < -0.4 is 10.1 Å². The van der Waals surface area contributed by atoms with Gasteiger partial charge in [0, 0.05) is 22.2 Å². The van der Waals surface area contributed by atoms with Crippen LogP contribution in [0.4, 0.5) is 0 Å². The first-order valence-corrected chi connectivity index (χ1v) is 8.31. The molecular formula is C18H21Cl2NO. The second-order valence-corrected chi connectivity index (χ2v) is 6.05. The summed E-state index contributed by atoms with van der Waals surface area (Å²) in [6.07, 6.45) is 2.41. The lowest BCUT2D eigenvalue weighted by molar-refractivity contribution is 0.306. The van der Waals surface area contributed by atoms with Crippen molar-refractivity contribution in [3.8, 4) is 5.75 Å². The van der Waals surface area contributed by atoms with Crippen LogP contribution in [0.2, 0.25) is 10.0 Å². The number of unbranched alkanes of at least 4 members (excludes halogenated alkanes) is 1. The van der Waals surface area contributed by atoms with Gasteiger partial charge in [-0.25, -0.2) is 0 Å². The number of hydrogen-bond acceptors (Lipinski definition) is 2. The lowest BCUT2D eigenvalue weighted by Crippen LogP contribution is -2.14. The van der Waals surface area contributed by atoms with Crippen LogP contribution in [-0.4, -0.2) is 6.54 Å². The van der Waals surface area contributed by atoms with Crippen molar-refractivity contribution in [1.29, 1.82) is 0 Å². The summed E-state index contributed by atoms with van der Waals surface area (Å²) in [7, 11) is 0. The van der Waals surface area contributed by atoms with E-state index in [0.29, 0.717) is 16.7 Å². The van der Waals surface area contributed by atoms with Gasteiger partial charge in [-0.2, -0.15) is 0 Å². The largest absolute Gasteiger partial charge is 0.489 e. The van der Waals surface area contributed by atoms with Gasteiger partial charge in [0.1, 0.15) is 12.4 Å². The lowest BCUT2D eigenvalue weighted by Gasteiger charge is -2.10. The molecule has 118 valence electrons. The van der Waals surface area contributed by atoms with E-state index in [2.05, 4.69) is 24.4 Å². The predicted molar refractivity (Wildman–Crippen MR) is 93.9 cm³/mol. The van der Waals surface area contributed by atoms with Crippen molar-refractivity contribution in [2.24, 2.45) is 0 Å². The molecular weight excluding hydrogens is 317 g/mol. The van der Waals surface area contributed by atoms with Crippen molar-refractivity contribution >= 4 is 23.2 Å². The highest BCUT2D eigenvalue weighted by atomic mass is 35.5. The van der Waals surface area contributed by atoms with Crippen LogP contribution in [0, 0.1) is 0 Å². The predicted octanol–water partition coefficient (Wildman–Crippen LogP) is 5.46. The van der Waals surface area contributed by atoms with Crippen LogP contribution in [0.25, 0.3) is 0 Å². The zero-order valence-corrected chi connectivity index (χ0v) is 14.3. The van der Waals surface area contributed by atoms with Gasteiger partial charge in [0.25, 0.3) is 0 Å². The number of ether oxygens (including phenoxy) is 1. The fraction of sp³-hybridized carbons (Fsp3) is 0.333. The highest BCUT2D eigenvalue weighted by Gasteiger charge is 2.03. The number of nitrogens with one attached hydrogen (secondary N) is 1. The molecule has 2 aromatic carbocycles. The average Bonchev–Trinajstić information content (AvgIpc) is 2.51. The van der Waals surface area contributed by atoms with Crippen LogP contribution >= 0.6 is 23.2 Å². The molecule has 0 aliphatic rings. The summed E-state index contributed by atoms with van der Waals surface area (Å²) in [5.41, 5.74) is 2.15. The summed E-state index contributed by atoms with van der Waals surface area (Å²) in [4.78, 5) is 0. The fourth-order valence-electron chi connectivity index (χ4n) is 2.08. The molecule has 0 saturated heterocycles. The van der Waals surface area contributed by atoms with E-state index in [1.165, 1.54) is 18.4 Å². The Balaban J connectivity index is 1.89. The van der Waals surface area contributed by atoms with Crippen LogP contribution in [0.3, 0.4) is 0 Å². The molecule has 0 fully saturated rings. The molecule has 0 saturated carbocycles. The quantitative estimate of drug-likeness (QED) is 0.645. The molecule has 0 radical (unpaired) electrons. The highest BCUT2D eigenvalue weighted by molar-refractivity contribution is 6.35. The number of rotatable bonds is 8. The SMILES string of the molecule is CCCCNCc1cccc(OCc2ccc(Cl)cc2Cl)c1. The van der Waals surface area contributed by atoms with Gasteiger partial charge in [-0.05, 0) is 42.8 Å². The van der Waals surface area contributed by atoms with Crippen molar-refractivity contribution < 1.29 is 4.74 Å². The topological polar surface area (TPSA) is 21.3 Å². The molecule has 1 N–H and O–H groups in total. The van der Waals surface area contributed by atoms with Crippen LogP contribution in [0.1, 0.15) is 30.9 Å². The summed E-state index contributed by atoms with van der Waals surface area (Å²) in [5.74, 6) is 0.848. The Morgan fingerprint density at radius 3 is 2.73 bits per heavy atom. The molecule has 0 amide bonds. The van der Waals surface area contributed by atoms with Crippen molar-refractivity contribution in [2.45, 2.75) is 32.9 Å². The standard InChI is InChI=1S/C18H21Cl2NO/c1-2-3-9-21-12-14-5-4-6-17(10-14)22-13-15-7-8-16(19)11-18(15)20/h4-8,10-11,21H,2-3,9,12-13H2,1H3. The molecule has 0 aliphatic carbocycles. The van der Waals surface area contributed by atoms with Crippen molar-refractivity contribution in [3.63, 3.8) is 0 Å². The Labute approximate surface area is 142 Å². The normalized spacial score (nSPS) is 10.7. The first kappa shape index (κ1) is 17.1. The van der Waals surface area contributed by atoms with Crippen LogP contribution in [-0.2, 0) is 13.2 Å². The number of benzene rings is 2. The molecule has 0 heterocycles. The van der Waals surface area contributed by atoms with Gasteiger partial charge >= 0.3 is 0 Å². The fourth-order valence-corrected chi connectivity index (χ4v) is 2.54. The van der Waals surface area contributed by atoms with Gasteiger partial charge in [0.05, 0.1) is 0 Å². The summed E-state index contributed by atoms with van der Waals surface area (Å²) < 4.78 is 5.83. The molecule has 0 aromatic heterocycles. The zero-order chi connectivity index (χ0) is 15.8. The van der Waals surface area contributed by atoms with Gasteiger partial charge in [0.15, 0.2) is 0 Å². The third-order valence-corrected chi connectivity index (χ3v) is 3.93. The van der Waals surface area contributed by atoms with Crippen molar-refractivity contribution in [3.05, 3.63) is 63.6 Å². The molecule has 0 atom stereocenters. The summed E-state index contributed by atoms with van der Waals surface area (Å²) in [6, 6.07) is 13.6. The Morgan fingerprint density at radius 2 is 1.95 bits per heavy atom. The maximum Gasteiger partial charge on any atom is 0.120 e. The maximum atomic E-state index is 6.15. The molecule has 0 bridgehead atoms. The van der Waals surface area contributed by atoms with Crippen LogP contribution in [0.15, 0.2) is 42.5 Å². The monoisotopic (exact) mass is 337 g/mol. The minimum atomic E-state index is 0.433. The van der Waals surface area contributed by atoms with E-state index in [9.17, 15) is 0 Å². The molecule has 4 heteroatoms. The van der Waals surface area contributed by atoms with E-state index in [-0.39, 0.29) is 0 Å². The zero-order valence-electron chi connectivity index (χ0n) is 12.7. The van der Waals surface area contributed by atoms with E-state index < -0.39 is 0 Å². The molecule has 0 aliphatic heterocycles. The molecule has 0 spiro atoms. The second-order valence-electron chi connectivity index (χ2n) is 5.20. The summed E-state index contributed by atoms with van der Waals surface area (Å²) in [5, 5.41) is 4.69. The Morgan fingerprint density at radius 1 is 1.09 bits per heavy atom. The summed E-state index contributed by atoms with van der Waals surface area (Å²) in [6.45, 7) is 4.53. The molecule has 22 heavy (non-hydrogen) atoms. The molecule has 2 aromatic rings. The Bertz CT molecular complexity index is 601. The summed E-state index contributed by atoms with van der Waals surface area (Å²) >= 11 is 12.0. The van der Waals surface area contributed by atoms with Gasteiger partial charge in [-0.3, -0.25) is 0 Å². The third-order valence-electron chi connectivity index (χ3n) is 3.34. The van der Waals surface area contributed by atoms with E-state index in [4.69, 9.17) is 27.9 Å². The molecule has 0 unspecified atom stereocenters. The smallest absolute Gasteiger partial charge is 0.120 e. The number of hydrogen-bond donors (Lipinski definition) is 1. The third kappa shape index (κ3) is 5.53. The van der Waals surface area contributed by atoms with Gasteiger partial charge < -0.3 is 10.1 Å². The molecule has 2 rings (SSSR count). The average molecular weight is 338 g/mol. The highest BCUT2D eigenvalue weighted by Crippen LogP contribution is 2.23. The maximum absolute atomic E-state index is 6.15. The van der Waals surface area contributed by atoms with Gasteiger partial charge in [-0.1, -0.05) is 54.7 Å². The van der Waals surface area contributed by atoms with E-state index in [1.807, 2.05) is 24.3 Å². The van der Waals surface area contributed by atoms with E-state index >= 15 is 0 Å². The minimum Gasteiger partial charge on any atom is -0.489 e. The first-order chi connectivity index (χ1) is 10.7. The Kier molecular flexibility index (Phi) is 7.04. The van der Waals surface area contributed by atoms with Gasteiger partial charge in [-0.15, -0.1) is 0 Å². The van der Waals surface area contributed by atoms with Crippen molar-refractivity contribution in [1.82, 2.24) is 5.32 Å². The molecule has 2 nitrogen and oxygen atoms in total. The van der Waals surface area contributed by atoms with Gasteiger partial charge in [0.2, 0.25) is 0 Å².